The Morgan fingerprint density at radius 1 is 0.882 bits per heavy atom. The molecule has 0 bridgehead atoms. The zero-order valence-electron chi connectivity index (χ0n) is 11.9. The third kappa shape index (κ3) is 7.22. The standard InChI is InChI=1S/C14H32N2Si/c1-15-17(16-2)13-9-4-3-6-10-14-11-7-5-8-12-14/h14-17H,3-13H2,1-2H3. The zero-order valence-corrected chi connectivity index (χ0v) is 13.1. The van der Waals surface area contributed by atoms with E-state index in [2.05, 4.69) is 24.1 Å². The lowest BCUT2D eigenvalue weighted by Crippen LogP contribution is -2.42. The Bertz CT molecular complexity index is 166. The molecule has 0 saturated heterocycles. The highest BCUT2D eigenvalue weighted by atomic mass is 28.3. The fourth-order valence-corrected chi connectivity index (χ4v) is 4.61. The van der Waals surface area contributed by atoms with Crippen molar-refractivity contribution in [3.63, 3.8) is 0 Å². The Hall–Kier alpha value is 0.137. The summed E-state index contributed by atoms with van der Waals surface area (Å²) in [7, 11) is 3.42. The van der Waals surface area contributed by atoms with Gasteiger partial charge in [0.15, 0.2) is 9.12 Å². The Labute approximate surface area is 110 Å². The van der Waals surface area contributed by atoms with Crippen LogP contribution in [0.4, 0.5) is 0 Å². The summed E-state index contributed by atoms with van der Waals surface area (Å²) in [5.74, 6) is 1.08. The first-order valence-electron chi connectivity index (χ1n) is 7.71. The van der Waals surface area contributed by atoms with Crippen molar-refractivity contribution >= 4 is 9.12 Å². The number of unbranched alkanes of at least 4 members (excludes halogenated alkanes) is 3. The van der Waals surface area contributed by atoms with Gasteiger partial charge in [-0.05, 0) is 26.1 Å². The normalized spacial score (nSPS) is 17.8. The van der Waals surface area contributed by atoms with Gasteiger partial charge >= 0.3 is 0 Å². The Morgan fingerprint density at radius 3 is 2.18 bits per heavy atom. The molecule has 0 aliphatic heterocycles. The van der Waals surface area contributed by atoms with Gasteiger partial charge in [0.25, 0.3) is 0 Å². The number of rotatable bonds is 9. The summed E-state index contributed by atoms with van der Waals surface area (Å²) >= 11 is 0. The quantitative estimate of drug-likeness (QED) is 0.489. The molecule has 2 N–H and O–H groups in total. The minimum atomic E-state index is -0.771. The predicted molar refractivity (Wildman–Crippen MR) is 79.7 cm³/mol. The van der Waals surface area contributed by atoms with Gasteiger partial charge in [0.2, 0.25) is 0 Å². The second-order valence-electron chi connectivity index (χ2n) is 5.63. The minimum absolute atomic E-state index is 0.771. The van der Waals surface area contributed by atoms with Gasteiger partial charge in [-0.25, -0.2) is 0 Å². The fraction of sp³-hybridized carbons (Fsp3) is 1.00. The van der Waals surface area contributed by atoms with E-state index >= 15 is 0 Å². The van der Waals surface area contributed by atoms with Crippen molar-refractivity contribution in [1.29, 1.82) is 0 Å². The smallest absolute Gasteiger partial charge is 0.184 e. The average Bonchev–Trinajstić information content (AvgIpc) is 2.39. The van der Waals surface area contributed by atoms with Crippen LogP contribution in [0.3, 0.4) is 0 Å². The third-order valence-electron chi connectivity index (χ3n) is 4.28. The second-order valence-corrected chi connectivity index (χ2v) is 8.46. The van der Waals surface area contributed by atoms with Crippen LogP contribution in [0, 0.1) is 5.92 Å². The highest BCUT2D eigenvalue weighted by Gasteiger charge is 2.12. The first-order chi connectivity index (χ1) is 8.36. The summed E-state index contributed by atoms with van der Waals surface area (Å²) in [5, 5.41) is 0. The Kier molecular flexibility index (Phi) is 9.02. The number of nitrogens with one attached hydrogen (secondary N) is 2. The van der Waals surface area contributed by atoms with Crippen molar-refractivity contribution in [1.82, 2.24) is 9.96 Å². The van der Waals surface area contributed by atoms with Crippen LogP contribution in [-0.2, 0) is 0 Å². The van der Waals surface area contributed by atoms with Crippen molar-refractivity contribution in [3.05, 3.63) is 0 Å². The first-order valence-corrected chi connectivity index (χ1v) is 9.68. The molecule has 102 valence electrons. The van der Waals surface area contributed by atoms with E-state index in [1.807, 2.05) is 0 Å². The lowest BCUT2D eigenvalue weighted by atomic mass is 9.85. The van der Waals surface area contributed by atoms with Gasteiger partial charge in [0.1, 0.15) is 0 Å². The zero-order chi connectivity index (χ0) is 12.3. The van der Waals surface area contributed by atoms with Crippen LogP contribution in [-0.4, -0.2) is 23.2 Å². The summed E-state index contributed by atoms with van der Waals surface area (Å²) in [4.78, 5) is 6.84. The molecule has 0 spiro atoms. The molecule has 2 nitrogen and oxygen atoms in total. The first kappa shape index (κ1) is 15.2. The molecule has 1 saturated carbocycles. The van der Waals surface area contributed by atoms with Crippen LogP contribution < -0.4 is 9.96 Å². The van der Waals surface area contributed by atoms with Crippen molar-refractivity contribution in [2.75, 3.05) is 14.1 Å². The summed E-state index contributed by atoms with van der Waals surface area (Å²) in [6, 6.07) is 1.40. The van der Waals surface area contributed by atoms with E-state index in [1.165, 1.54) is 70.3 Å². The fourth-order valence-electron chi connectivity index (χ4n) is 3.04. The average molecular weight is 257 g/mol. The van der Waals surface area contributed by atoms with Crippen LogP contribution in [0.25, 0.3) is 0 Å². The van der Waals surface area contributed by atoms with Crippen LogP contribution in [0.1, 0.15) is 64.2 Å². The van der Waals surface area contributed by atoms with Gasteiger partial charge in [-0.3, -0.25) is 0 Å². The van der Waals surface area contributed by atoms with E-state index in [0.29, 0.717) is 0 Å². The Balaban J connectivity index is 1.86. The largest absolute Gasteiger partial charge is 0.331 e. The highest BCUT2D eigenvalue weighted by molar-refractivity contribution is 6.52. The maximum Gasteiger partial charge on any atom is 0.184 e. The topological polar surface area (TPSA) is 24.1 Å². The monoisotopic (exact) mass is 256 g/mol. The van der Waals surface area contributed by atoms with E-state index in [4.69, 9.17) is 0 Å². The molecule has 1 rings (SSSR count). The molecule has 1 fully saturated rings. The van der Waals surface area contributed by atoms with Crippen molar-refractivity contribution < 1.29 is 0 Å². The lowest BCUT2D eigenvalue weighted by Gasteiger charge is -2.21. The molecule has 3 heteroatoms. The van der Waals surface area contributed by atoms with E-state index < -0.39 is 9.12 Å². The van der Waals surface area contributed by atoms with Crippen molar-refractivity contribution in [2.24, 2.45) is 5.92 Å². The van der Waals surface area contributed by atoms with Crippen LogP contribution >= 0.6 is 0 Å². The van der Waals surface area contributed by atoms with E-state index in [0.717, 1.165) is 5.92 Å². The van der Waals surface area contributed by atoms with E-state index in [9.17, 15) is 0 Å². The maximum atomic E-state index is 3.42. The molecule has 0 aromatic heterocycles. The van der Waals surface area contributed by atoms with Crippen molar-refractivity contribution in [3.8, 4) is 0 Å². The minimum Gasteiger partial charge on any atom is -0.331 e. The molecule has 1 aliphatic rings. The summed E-state index contributed by atoms with van der Waals surface area (Å²) in [5.41, 5.74) is 0. The van der Waals surface area contributed by atoms with Gasteiger partial charge < -0.3 is 9.96 Å². The highest BCUT2D eigenvalue weighted by Crippen LogP contribution is 2.28. The second kappa shape index (κ2) is 10.1. The summed E-state index contributed by atoms with van der Waals surface area (Å²) in [6.07, 6.45) is 14.9. The van der Waals surface area contributed by atoms with Gasteiger partial charge in [-0.2, -0.15) is 0 Å². The molecule has 0 radical (unpaired) electrons. The summed E-state index contributed by atoms with van der Waals surface area (Å²) in [6.45, 7) is 0. The predicted octanol–water partition coefficient (Wildman–Crippen LogP) is 3.18. The maximum absolute atomic E-state index is 3.42. The van der Waals surface area contributed by atoms with E-state index in [-0.39, 0.29) is 0 Å². The van der Waals surface area contributed by atoms with Crippen LogP contribution in [0.15, 0.2) is 0 Å². The van der Waals surface area contributed by atoms with Gasteiger partial charge in [0.05, 0.1) is 0 Å². The van der Waals surface area contributed by atoms with Gasteiger partial charge in [-0.15, -0.1) is 0 Å². The SMILES string of the molecule is CN[SiH](CCCCCCC1CCCCC1)NC. The molecule has 0 atom stereocenters. The molecule has 0 amide bonds. The third-order valence-corrected chi connectivity index (χ3v) is 6.66. The molecular weight excluding hydrogens is 224 g/mol. The summed E-state index contributed by atoms with van der Waals surface area (Å²) < 4.78 is 0. The molecule has 0 heterocycles. The Morgan fingerprint density at radius 2 is 1.53 bits per heavy atom. The number of hydrogen-bond acceptors (Lipinski definition) is 2. The number of hydrogen-bond donors (Lipinski definition) is 2. The lowest BCUT2D eigenvalue weighted by molar-refractivity contribution is 0.328. The van der Waals surface area contributed by atoms with Gasteiger partial charge in [0, 0.05) is 0 Å². The molecule has 1 aliphatic carbocycles. The molecule has 0 aromatic carbocycles. The van der Waals surface area contributed by atoms with Gasteiger partial charge in [-0.1, -0.05) is 64.2 Å². The molecule has 0 aromatic rings. The molecular formula is C14H32N2Si. The van der Waals surface area contributed by atoms with Crippen LogP contribution in [0.2, 0.25) is 6.04 Å². The van der Waals surface area contributed by atoms with Crippen molar-refractivity contribution in [2.45, 2.75) is 70.3 Å². The van der Waals surface area contributed by atoms with E-state index in [1.54, 1.807) is 0 Å². The molecule has 0 unspecified atom stereocenters. The molecule has 17 heavy (non-hydrogen) atoms. The van der Waals surface area contributed by atoms with Crippen LogP contribution in [0.5, 0.6) is 0 Å².